The number of carboxylic acid groups (broad SMARTS) is 1. The summed E-state index contributed by atoms with van der Waals surface area (Å²) >= 11 is 0. The molecule has 4 nitrogen and oxygen atoms in total. The van der Waals surface area contributed by atoms with Gasteiger partial charge in [0.15, 0.2) is 6.10 Å². The molecule has 0 bridgehead atoms. The summed E-state index contributed by atoms with van der Waals surface area (Å²) in [7, 11) is 0. The first kappa shape index (κ1) is 13.3. The summed E-state index contributed by atoms with van der Waals surface area (Å²) in [6.45, 7) is -0.527. The average Bonchev–Trinajstić information content (AvgIpc) is 2.25. The fourth-order valence-electron chi connectivity index (χ4n) is 0.987. The Morgan fingerprint density at radius 3 is 2.24 bits per heavy atom. The number of benzene rings is 1. The highest BCUT2D eigenvalue weighted by Crippen LogP contribution is 2.30. The monoisotopic (exact) mass is 250 g/mol. The van der Waals surface area contributed by atoms with E-state index in [2.05, 4.69) is 0 Å². The van der Waals surface area contributed by atoms with Crippen molar-refractivity contribution in [3.05, 3.63) is 29.8 Å². The van der Waals surface area contributed by atoms with Crippen LogP contribution in [0.1, 0.15) is 5.56 Å². The molecule has 0 aliphatic rings. The Morgan fingerprint density at radius 2 is 1.82 bits per heavy atom. The highest BCUT2D eigenvalue weighted by atomic mass is 19.4. The zero-order valence-corrected chi connectivity index (χ0v) is 8.44. The summed E-state index contributed by atoms with van der Waals surface area (Å²) in [5.74, 6) is -1.41. The van der Waals surface area contributed by atoms with Gasteiger partial charge in [-0.15, -0.1) is 0 Å². The Hall–Kier alpha value is -1.76. The zero-order chi connectivity index (χ0) is 13.1. The Labute approximate surface area is 94.3 Å². The maximum Gasteiger partial charge on any atom is 0.416 e. The molecule has 94 valence electrons. The predicted octanol–water partition coefficient (Wildman–Crippen LogP) is 1.53. The van der Waals surface area contributed by atoms with Crippen molar-refractivity contribution in [1.29, 1.82) is 0 Å². The molecule has 17 heavy (non-hydrogen) atoms. The third-order valence-corrected chi connectivity index (χ3v) is 1.87. The number of alkyl halides is 3. The topological polar surface area (TPSA) is 66.8 Å². The van der Waals surface area contributed by atoms with E-state index in [1.165, 1.54) is 0 Å². The van der Waals surface area contributed by atoms with Crippen LogP contribution >= 0.6 is 0 Å². The molecule has 0 aliphatic heterocycles. The standard InChI is InChI=1S/C10H9F3O4/c11-10(12,13)6-1-3-7(4-2-6)17-5-8(14)9(15)16/h1-4,8,14H,5H2,(H,15,16). The number of carboxylic acids is 1. The van der Waals surface area contributed by atoms with Crippen molar-refractivity contribution in [3.63, 3.8) is 0 Å². The SMILES string of the molecule is O=C(O)C(O)COc1ccc(C(F)(F)F)cc1. The Bertz CT molecular complexity index is 386. The van der Waals surface area contributed by atoms with Gasteiger partial charge in [-0.2, -0.15) is 13.2 Å². The van der Waals surface area contributed by atoms with Crippen LogP contribution in [0.15, 0.2) is 24.3 Å². The molecule has 0 heterocycles. The lowest BCUT2D eigenvalue weighted by Crippen LogP contribution is -2.26. The first-order valence-corrected chi connectivity index (χ1v) is 4.51. The van der Waals surface area contributed by atoms with E-state index in [9.17, 15) is 18.0 Å². The fourth-order valence-corrected chi connectivity index (χ4v) is 0.987. The molecule has 0 aromatic heterocycles. The van der Waals surface area contributed by atoms with Crippen molar-refractivity contribution >= 4 is 5.97 Å². The number of aliphatic carboxylic acids is 1. The Morgan fingerprint density at radius 1 is 1.29 bits per heavy atom. The Balaban J connectivity index is 2.60. The number of hydrogen-bond acceptors (Lipinski definition) is 3. The van der Waals surface area contributed by atoms with Gasteiger partial charge in [-0.05, 0) is 24.3 Å². The molecule has 1 aromatic rings. The summed E-state index contributed by atoms with van der Waals surface area (Å²) in [4.78, 5) is 10.2. The van der Waals surface area contributed by atoms with E-state index in [1.54, 1.807) is 0 Å². The van der Waals surface area contributed by atoms with E-state index < -0.39 is 30.4 Å². The first-order valence-electron chi connectivity index (χ1n) is 4.51. The van der Waals surface area contributed by atoms with Gasteiger partial charge in [0, 0.05) is 0 Å². The van der Waals surface area contributed by atoms with Crippen LogP contribution in [-0.4, -0.2) is 28.9 Å². The van der Waals surface area contributed by atoms with Crippen molar-refractivity contribution < 1.29 is 32.9 Å². The highest BCUT2D eigenvalue weighted by Gasteiger charge is 2.30. The van der Waals surface area contributed by atoms with E-state index in [0.717, 1.165) is 24.3 Å². The number of rotatable bonds is 4. The summed E-state index contributed by atoms with van der Waals surface area (Å²) in [5, 5.41) is 17.2. The van der Waals surface area contributed by atoms with Gasteiger partial charge in [-0.25, -0.2) is 4.79 Å². The smallest absolute Gasteiger partial charge is 0.416 e. The minimum absolute atomic E-state index is 0.0540. The van der Waals surface area contributed by atoms with Gasteiger partial charge in [-0.3, -0.25) is 0 Å². The van der Waals surface area contributed by atoms with Crippen molar-refractivity contribution in [2.75, 3.05) is 6.61 Å². The number of aliphatic hydroxyl groups is 1. The van der Waals surface area contributed by atoms with Gasteiger partial charge < -0.3 is 14.9 Å². The summed E-state index contributed by atoms with van der Waals surface area (Å²) < 4.78 is 41.3. The van der Waals surface area contributed by atoms with Gasteiger partial charge >= 0.3 is 12.1 Å². The quantitative estimate of drug-likeness (QED) is 0.850. The molecule has 1 unspecified atom stereocenters. The fraction of sp³-hybridized carbons (Fsp3) is 0.300. The van der Waals surface area contributed by atoms with Gasteiger partial charge in [0.25, 0.3) is 0 Å². The van der Waals surface area contributed by atoms with Gasteiger partial charge in [0.05, 0.1) is 5.56 Å². The van der Waals surface area contributed by atoms with Crippen LogP contribution in [0.25, 0.3) is 0 Å². The number of hydrogen-bond donors (Lipinski definition) is 2. The minimum Gasteiger partial charge on any atom is -0.490 e. The molecule has 0 spiro atoms. The van der Waals surface area contributed by atoms with Crippen LogP contribution in [0, 0.1) is 0 Å². The maximum atomic E-state index is 12.2. The third kappa shape index (κ3) is 3.95. The summed E-state index contributed by atoms with van der Waals surface area (Å²) in [6.07, 6.45) is -6.14. The molecule has 0 radical (unpaired) electrons. The highest BCUT2D eigenvalue weighted by molar-refractivity contribution is 5.72. The second kappa shape index (κ2) is 5.05. The van der Waals surface area contributed by atoms with E-state index >= 15 is 0 Å². The zero-order valence-electron chi connectivity index (χ0n) is 8.44. The van der Waals surface area contributed by atoms with E-state index in [0.29, 0.717) is 0 Å². The average molecular weight is 250 g/mol. The molecule has 1 rings (SSSR count). The number of halogens is 3. The van der Waals surface area contributed by atoms with Crippen molar-refractivity contribution in [2.24, 2.45) is 0 Å². The largest absolute Gasteiger partial charge is 0.490 e. The maximum absolute atomic E-state index is 12.2. The van der Waals surface area contributed by atoms with Crippen LogP contribution < -0.4 is 4.74 Å². The van der Waals surface area contributed by atoms with Gasteiger partial charge in [0.2, 0.25) is 0 Å². The number of ether oxygens (including phenoxy) is 1. The van der Waals surface area contributed by atoms with E-state index in [1.807, 2.05) is 0 Å². The van der Waals surface area contributed by atoms with Crippen LogP contribution in [0.4, 0.5) is 13.2 Å². The van der Waals surface area contributed by atoms with Crippen LogP contribution in [-0.2, 0) is 11.0 Å². The summed E-state index contributed by atoms with van der Waals surface area (Å²) in [6, 6.07) is 3.72. The van der Waals surface area contributed by atoms with Gasteiger partial charge in [-0.1, -0.05) is 0 Å². The third-order valence-electron chi connectivity index (χ3n) is 1.87. The van der Waals surface area contributed by atoms with Crippen molar-refractivity contribution in [1.82, 2.24) is 0 Å². The molecular formula is C10H9F3O4. The van der Waals surface area contributed by atoms with Gasteiger partial charge in [0.1, 0.15) is 12.4 Å². The molecule has 7 heteroatoms. The molecule has 0 saturated heterocycles. The predicted molar refractivity (Wildman–Crippen MR) is 50.6 cm³/mol. The molecule has 2 N–H and O–H groups in total. The van der Waals surface area contributed by atoms with Crippen molar-refractivity contribution in [3.8, 4) is 5.75 Å². The lowest BCUT2D eigenvalue weighted by molar-refractivity contribution is -0.148. The molecule has 1 atom stereocenters. The second-order valence-corrected chi connectivity index (χ2v) is 3.19. The van der Waals surface area contributed by atoms with Crippen LogP contribution in [0.2, 0.25) is 0 Å². The molecule has 1 aromatic carbocycles. The molecular weight excluding hydrogens is 241 g/mol. The number of carbonyl (C=O) groups is 1. The molecule has 0 saturated carbocycles. The second-order valence-electron chi connectivity index (χ2n) is 3.19. The van der Waals surface area contributed by atoms with Crippen molar-refractivity contribution in [2.45, 2.75) is 12.3 Å². The first-order chi connectivity index (χ1) is 7.80. The summed E-state index contributed by atoms with van der Waals surface area (Å²) in [5.41, 5.74) is -0.830. The lowest BCUT2D eigenvalue weighted by Gasteiger charge is -2.10. The van der Waals surface area contributed by atoms with E-state index in [-0.39, 0.29) is 5.75 Å². The molecule has 0 fully saturated rings. The van der Waals surface area contributed by atoms with E-state index in [4.69, 9.17) is 14.9 Å². The lowest BCUT2D eigenvalue weighted by atomic mass is 10.2. The van der Waals surface area contributed by atoms with Crippen LogP contribution in [0.5, 0.6) is 5.75 Å². The number of aliphatic hydroxyl groups excluding tert-OH is 1. The normalized spacial score (nSPS) is 13.2. The van der Waals surface area contributed by atoms with Crippen LogP contribution in [0.3, 0.4) is 0 Å². The molecule has 0 aliphatic carbocycles. The Kier molecular flexibility index (Phi) is 3.95. The molecule has 0 amide bonds. The minimum atomic E-state index is -4.43.